The van der Waals surface area contributed by atoms with Gasteiger partial charge >= 0.3 is 5.97 Å². The maximum absolute atomic E-state index is 11.8. The minimum Gasteiger partial charge on any atom is -0.486 e. The average molecular weight is 440 g/mol. The lowest BCUT2D eigenvalue weighted by molar-refractivity contribution is 0.0384. The molecule has 140 valence electrons. The van der Waals surface area contributed by atoms with Crippen molar-refractivity contribution in [2.75, 3.05) is 40.0 Å². The van der Waals surface area contributed by atoms with Crippen molar-refractivity contribution in [2.24, 2.45) is 0 Å². The Morgan fingerprint density at radius 2 is 1.92 bits per heavy atom. The third-order valence-electron chi connectivity index (χ3n) is 4.30. The summed E-state index contributed by atoms with van der Waals surface area (Å²) in [5, 5.41) is 1.83. The summed E-state index contributed by atoms with van der Waals surface area (Å²) in [5.74, 6) is 0.160. The number of hydrogen-bond acceptors (Lipinski definition) is 6. The molecule has 1 aliphatic heterocycles. The van der Waals surface area contributed by atoms with Gasteiger partial charge in [-0.15, -0.1) is 11.3 Å². The van der Waals surface area contributed by atoms with Crippen LogP contribution < -0.4 is 4.74 Å². The molecule has 5 nitrogen and oxygen atoms in total. The summed E-state index contributed by atoms with van der Waals surface area (Å²) in [7, 11) is 1.37. The summed E-state index contributed by atoms with van der Waals surface area (Å²) in [4.78, 5) is 14.7. The molecule has 0 bridgehead atoms. The molecule has 0 radical (unpaired) electrons. The second-order valence-electron chi connectivity index (χ2n) is 6.04. The van der Waals surface area contributed by atoms with E-state index >= 15 is 0 Å². The van der Waals surface area contributed by atoms with Crippen LogP contribution in [0.1, 0.15) is 20.8 Å². The van der Waals surface area contributed by atoms with Gasteiger partial charge in [0, 0.05) is 25.0 Å². The molecule has 0 atom stereocenters. The molecule has 2 heterocycles. The molecule has 0 aliphatic carbocycles. The van der Waals surface area contributed by atoms with Crippen LogP contribution in [0.3, 0.4) is 0 Å². The highest BCUT2D eigenvalue weighted by molar-refractivity contribution is 9.10. The molecular formula is C19H22BrNO4S. The number of thiophene rings is 1. The van der Waals surface area contributed by atoms with E-state index in [1.807, 2.05) is 5.38 Å². The topological polar surface area (TPSA) is 48.0 Å². The predicted octanol–water partition coefficient (Wildman–Crippen LogP) is 3.75. The van der Waals surface area contributed by atoms with Gasteiger partial charge in [0.25, 0.3) is 0 Å². The van der Waals surface area contributed by atoms with Crippen LogP contribution in [-0.2, 0) is 22.5 Å². The molecule has 0 unspecified atom stereocenters. The Kier molecular flexibility index (Phi) is 7.07. The molecule has 1 aliphatic rings. The summed E-state index contributed by atoms with van der Waals surface area (Å²) < 4.78 is 16.8. The fourth-order valence-electron chi connectivity index (χ4n) is 2.76. The first-order valence-electron chi connectivity index (χ1n) is 8.53. The van der Waals surface area contributed by atoms with Gasteiger partial charge in [-0.2, -0.15) is 0 Å². The van der Waals surface area contributed by atoms with E-state index in [9.17, 15) is 4.79 Å². The summed E-state index contributed by atoms with van der Waals surface area (Å²) in [5.41, 5.74) is 2.38. The zero-order valence-electron chi connectivity index (χ0n) is 14.7. The van der Waals surface area contributed by atoms with E-state index in [2.05, 4.69) is 45.1 Å². The van der Waals surface area contributed by atoms with E-state index in [1.54, 1.807) is 0 Å². The number of hydrogen-bond donors (Lipinski definition) is 0. The quantitative estimate of drug-likeness (QED) is 0.614. The lowest BCUT2D eigenvalue weighted by Gasteiger charge is -2.26. The first-order chi connectivity index (χ1) is 12.7. The van der Waals surface area contributed by atoms with Crippen LogP contribution in [0.2, 0.25) is 0 Å². The zero-order chi connectivity index (χ0) is 18.4. The molecule has 1 aromatic carbocycles. The van der Waals surface area contributed by atoms with Gasteiger partial charge in [0.05, 0.1) is 24.8 Å². The Morgan fingerprint density at radius 1 is 1.23 bits per heavy atom. The molecule has 0 saturated carbocycles. The van der Waals surface area contributed by atoms with Crippen molar-refractivity contribution in [1.29, 1.82) is 0 Å². The number of methoxy groups -OCH3 is 1. The normalized spacial score (nSPS) is 15.0. The van der Waals surface area contributed by atoms with Crippen LogP contribution in [0.25, 0.3) is 0 Å². The first-order valence-corrected chi connectivity index (χ1v) is 10.2. The average Bonchev–Trinajstić information content (AvgIpc) is 3.06. The van der Waals surface area contributed by atoms with Gasteiger partial charge in [-0.3, -0.25) is 4.90 Å². The number of esters is 1. The van der Waals surface area contributed by atoms with Gasteiger partial charge in [-0.1, -0.05) is 24.3 Å². The van der Waals surface area contributed by atoms with Gasteiger partial charge in [-0.05, 0) is 33.5 Å². The van der Waals surface area contributed by atoms with E-state index in [0.29, 0.717) is 17.2 Å². The maximum Gasteiger partial charge on any atom is 0.351 e. The van der Waals surface area contributed by atoms with Crippen molar-refractivity contribution in [3.05, 3.63) is 50.1 Å². The van der Waals surface area contributed by atoms with E-state index in [0.717, 1.165) is 49.3 Å². The van der Waals surface area contributed by atoms with Gasteiger partial charge in [0.15, 0.2) is 10.6 Å². The zero-order valence-corrected chi connectivity index (χ0v) is 17.1. The van der Waals surface area contributed by atoms with Crippen molar-refractivity contribution in [3.8, 4) is 5.75 Å². The van der Waals surface area contributed by atoms with Crippen LogP contribution in [0, 0.1) is 0 Å². The van der Waals surface area contributed by atoms with Crippen LogP contribution in [0.4, 0.5) is 0 Å². The molecule has 0 spiro atoms. The maximum atomic E-state index is 11.8. The minimum atomic E-state index is -0.380. The smallest absolute Gasteiger partial charge is 0.351 e. The highest BCUT2D eigenvalue weighted by Crippen LogP contribution is 2.36. The molecule has 3 rings (SSSR count). The molecule has 1 fully saturated rings. The van der Waals surface area contributed by atoms with Crippen molar-refractivity contribution in [1.82, 2.24) is 4.90 Å². The van der Waals surface area contributed by atoms with Crippen molar-refractivity contribution in [2.45, 2.75) is 13.0 Å². The predicted molar refractivity (Wildman–Crippen MR) is 105 cm³/mol. The Hall–Kier alpha value is -1.41. The molecule has 26 heavy (non-hydrogen) atoms. The highest BCUT2D eigenvalue weighted by Gasteiger charge is 2.19. The van der Waals surface area contributed by atoms with Crippen molar-refractivity contribution < 1.29 is 19.0 Å². The van der Waals surface area contributed by atoms with Crippen molar-refractivity contribution >= 4 is 33.2 Å². The Morgan fingerprint density at radius 3 is 2.62 bits per heavy atom. The van der Waals surface area contributed by atoms with Gasteiger partial charge in [0.1, 0.15) is 6.61 Å². The summed E-state index contributed by atoms with van der Waals surface area (Å²) in [6.07, 6.45) is 1.03. The van der Waals surface area contributed by atoms with Crippen LogP contribution >= 0.6 is 27.3 Å². The van der Waals surface area contributed by atoms with E-state index in [4.69, 9.17) is 14.2 Å². The van der Waals surface area contributed by atoms with Gasteiger partial charge < -0.3 is 14.2 Å². The second-order valence-corrected chi connectivity index (χ2v) is 7.78. The fraction of sp³-hybridized carbons (Fsp3) is 0.421. The Labute approximate surface area is 166 Å². The molecule has 7 heteroatoms. The number of nitrogens with zero attached hydrogens (tertiary/aromatic N) is 1. The molecule has 0 N–H and O–H groups in total. The van der Waals surface area contributed by atoms with Crippen LogP contribution in [0.15, 0.2) is 34.1 Å². The summed E-state index contributed by atoms with van der Waals surface area (Å²) >= 11 is 4.73. The van der Waals surface area contributed by atoms with Crippen LogP contribution in [0.5, 0.6) is 5.75 Å². The lowest BCUT2D eigenvalue weighted by atomic mass is 10.1. The minimum absolute atomic E-state index is 0.380. The van der Waals surface area contributed by atoms with E-state index < -0.39 is 0 Å². The largest absolute Gasteiger partial charge is 0.486 e. The van der Waals surface area contributed by atoms with Crippen molar-refractivity contribution in [3.63, 3.8) is 0 Å². The standard InChI is InChI=1S/C19H22BrNO4S/c1-23-19(22)18-17(16(20)13-26-18)25-12-15-4-2-14(3-5-15)6-7-21-8-10-24-11-9-21/h2-5,13H,6-12H2,1H3. The van der Waals surface area contributed by atoms with Gasteiger partial charge in [0.2, 0.25) is 0 Å². The lowest BCUT2D eigenvalue weighted by Crippen LogP contribution is -2.37. The number of carbonyl (C=O) groups excluding carboxylic acids is 1. The molecule has 1 saturated heterocycles. The summed E-state index contributed by atoms with van der Waals surface area (Å²) in [6, 6.07) is 8.44. The number of morpholine rings is 1. The number of rotatable bonds is 7. The fourth-order valence-corrected chi connectivity index (χ4v) is 4.27. The number of halogens is 1. The monoisotopic (exact) mass is 439 g/mol. The van der Waals surface area contributed by atoms with Crippen LogP contribution in [-0.4, -0.2) is 50.8 Å². The first kappa shape index (κ1) is 19.4. The number of carbonyl (C=O) groups is 1. The second kappa shape index (κ2) is 9.50. The third-order valence-corrected chi connectivity index (χ3v) is 6.13. The third kappa shape index (κ3) is 5.07. The SMILES string of the molecule is COC(=O)c1scc(Br)c1OCc1ccc(CCN2CCOCC2)cc1. The van der Waals surface area contributed by atoms with E-state index in [-0.39, 0.29) is 5.97 Å². The van der Waals surface area contributed by atoms with Gasteiger partial charge in [-0.25, -0.2) is 4.79 Å². The Balaban J connectivity index is 1.53. The highest BCUT2D eigenvalue weighted by atomic mass is 79.9. The Bertz CT molecular complexity index is 726. The number of ether oxygens (including phenoxy) is 3. The summed E-state index contributed by atoms with van der Waals surface area (Å²) in [6.45, 7) is 5.17. The number of benzene rings is 1. The molecule has 1 aromatic heterocycles. The van der Waals surface area contributed by atoms with E-state index in [1.165, 1.54) is 24.0 Å². The molecular weight excluding hydrogens is 418 g/mol. The molecule has 2 aromatic rings. The molecule has 0 amide bonds.